The molecule has 0 saturated carbocycles. The summed E-state index contributed by atoms with van der Waals surface area (Å²) >= 11 is 1.60. The van der Waals surface area contributed by atoms with E-state index in [0.717, 1.165) is 17.9 Å². The molecule has 0 bridgehead atoms. The van der Waals surface area contributed by atoms with Gasteiger partial charge in [0.15, 0.2) is 0 Å². The van der Waals surface area contributed by atoms with Crippen LogP contribution in [-0.2, 0) is 4.79 Å². The molecule has 94 valence electrons. The van der Waals surface area contributed by atoms with E-state index in [1.165, 1.54) is 19.3 Å². The van der Waals surface area contributed by atoms with Gasteiger partial charge in [0.2, 0.25) is 5.91 Å². The lowest BCUT2D eigenvalue weighted by atomic mass is 10.2. The Morgan fingerprint density at radius 2 is 2.24 bits per heavy atom. The largest absolute Gasteiger partial charge is 0.368 e. The minimum atomic E-state index is -0.308. The van der Waals surface area contributed by atoms with Crippen LogP contribution in [0.1, 0.15) is 43.6 Å². The molecule has 0 radical (unpaired) electrons. The van der Waals surface area contributed by atoms with E-state index in [4.69, 9.17) is 5.73 Å². The summed E-state index contributed by atoms with van der Waals surface area (Å²) in [6.45, 7) is 2.19. The van der Waals surface area contributed by atoms with Crippen molar-refractivity contribution < 1.29 is 4.79 Å². The molecule has 1 heterocycles. The Morgan fingerprint density at radius 1 is 1.41 bits per heavy atom. The summed E-state index contributed by atoms with van der Waals surface area (Å²) in [7, 11) is 0. The molecule has 0 aromatic carbocycles. The molecule has 1 aromatic heterocycles. The fourth-order valence-corrected chi connectivity index (χ4v) is 2.66. The first kappa shape index (κ1) is 14.0. The topological polar surface area (TPSA) is 56.0 Å². The number of nitrogens with two attached hydrogens (primary N) is 1. The van der Waals surface area contributed by atoms with Crippen LogP contribution in [0.15, 0.2) is 24.4 Å². The predicted molar refractivity (Wildman–Crippen MR) is 72.8 cm³/mol. The van der Waals surface area contributed by atoms with Gasteiger partial charge in [-0.2, -0.15) is 0 Å². The smallest absolute Gasteiger partial charge is 0.236 e. The van der Waals surface area contributed by atoms with Crippen LogP contribution in [0.25, 0.3) is 0 Å². The Balaban J connectivity index is 2.42. The molecule has 17 heavy (non-hydrogen) atoms. The Bertz CT molecular complexity index is 329. The first-order valence-corrected chi connectivity index (χ1v) is 7.12. The third kappa shape index (κ3) is 5.22. The maximum Gasteiger partial charge on any atom is 0.236 e. The maximum atomic E-state index is 11.4. The van der Waals surface area contributed by atoms with Gasteiger partial charge >= 0.3 is 0 Å². The van der Waals surface area contributed by atoms with E-state index in [9.17, 15) is 4.79 Å². The number of hydrogen-bond acceptors (Lipinski definition) is 3. The Morgan fingerprint density at radius 3 is 2.82 bits per heavy atom. The van der Waals surface area contributed by atoms with Crippen molar-refractivity contribution in [3.05, 3.63) is 30.1 Å². The second-order valence-electron chi connectivity index (χ2n) is 3.97. The third-order valence-electron chi connectivity index (χ3n) is 2.50. The lowest BCUT2D eigenvalue weighted by Crippen LogP contribution is -2.20. The van der Waals surface area contributed by atoms with Crippen LogP contribution in [0, 0.1) is 0 Å². The highest BCUT2D eigenvalue weighted by Gasteiger charge is 2.18. The number of hydrogen-bond donors (Lipinski definition) is 1. The van der Waals surface area contributed by atoms with Crippen LogP contribution in [0.2, 0.25) is 0 Å². The van der Waals surface area contributed by atoms with Crippen molar-refractivity contribution >= 4 is 17.7 Å². The van der Waals surface area contributed by atoms with Gasteiger partial charge in [0, 0.05) is 6.20 Å². The number of nitrogens with zero attached hydrogens (tertiary/aromatic N) is 1. The highest BCUT2D eigenvalue weighted by atomic mass is 32.2. The molecule has 4 heteroatoms. The van der Waals surface area contributed by atoms with Gasteiger partial charge in [-0.3, -0.25) is 9.78 Å². The Hall–Kier alpha value is -1.03. The van der Waals surface area contributed by atoms with E-state index in [-0.39, 0.29) is 11.2 Å². The zero-order chi connectivity index (χ0) is 12.5. The van der Waals surface area contributed by atoms with Crippen LogP contribution >= 0.6 is 11.8 Å². The predicted octanol–water partition coefficient (Wildman–Crippen LogP) is 2.92. The van der Waals surface area contributed by atoms with Crippen molar-refractivity contribution in [3.63, 3.8) is 0 Å². The van der Waals surface area contributed by atoms with Crippen molar-refractivity contribution in [1.82, 2.24) is 4.98 Å². The molecule has 0 spiro atoms. The molecular formula is C13H20N2OS. The van der Waals surface area contributed by atoms with E-state index in [1.54, 1.807) is 18.0 Å². The average Bonchev–Trinajstić information content (AvgIpc) is 2.34. The fraction of sp³-hybridized carbons (Fsp3) is 0.538. The molecule has 1 unspecified atom stereocenters. The SMILES string of the molecule is CCCCCCSC(C(N)=O)c1ccccn1. The lowest BCUT2D eigenvalue weighted by molar-refractivity contribution is -0.117. The number of carbonyl (C=O) groups excluding carboxylic acids is 1. The quantitative estimate of drug-likeness (QED) is 0.724. The summed E-state index contributed by atoms with van der Waals surface area (Å²) in [5.41, 5.74) is 6.17. The zero-order valence-corrected chi connectivity index (χ0v) is 11.1. The number of carbonyl (C=O) groups is 1. The van der Waals surface area contributed by atoms with Gasteiger partial charge in [0.25, 0.3) is 0 Å². The van der Waals surface area contributed by atoms with Gasteiger partial charge in [-0.05, 0) is 24.3 Å². The van der Waals surface area contributed by atoms with Crippen LogP contribution in [-0.4, -0.2) is 16.6 Å². The molecule has 0 saturated heterocycles. The van der Waals surface area contributed by atoms with Crippen molar-refractivity contribution in [2.45, 2.75) is 37.9 Å². The van der Waals surface area contributed by atoms with Gasteiger partial charge in [0.1, 0.15) is 5.25 Å². The van der Waals surface area contributed by atoms with Crippen molar-refractivity contribution in [1.29, 1.82) is 0 Å². The van der Waals surface area contributed by atoms with Crippen molar-refractivity contribution in [2.75, 3.05) is 5.75 Å². The molecule has 1 aromatic rings. The van der Waals surface area contributed by atoms with E-state index < -0.39 is 0 Å². The number of amides is 1. The van der Waals surface area contributed by atoms with Crippen LogP contribution in [0.4, 0.5) is 0 Å². The van der Waals surface area contributed by atoms with E-state index in [0.29, 0.717) is 0 Å². The number of thioether (sulfide) groups is 1. The lowest BCUT2D eigenvalue weighted by Gasteiger charge is -2.12. The summed E-state index contributed by atoms with van der Waals surface area (Å²) in [4.78, 5) is 15.6. The number of unbranched alkanes of at least 4 members (excludes halogenated alkanes) is 3. The van der Waals surface area contributed by atoms with Crippen molar-refractivity contribution in [2.24, 2.45) is 5.73 Å². The average molecular weight is 252 g/mol. The summed E-state index contributed by atoms with van der Waals surface area (Å²) in [6.07, 6.45) is 6.53. The van der Waals surface area contributed by atoms with E-state index in [1.807, 2.05) is 18.2 Å². The van der Waals surface area contributed by atoms with E-state index in [2.05, 4.69) is 11.9 Å². The minimum absolute atomic E-state index is 0.302. The molecule has 0 aliphatic carbocycles. The highest BCUT2D eigenvalue weighted by Crippen LogP contribution is 2.27. The number of pyridine rings is 1. The fourth-order valence-electron chi connectivity index (χ4n) is 1.57. The van der Waals surface area contributed by atoms with Crippen LogP contribution in [0.3, 0.4) is 0 Å². The van der Waals surface area contributed by atoms with Gasteiger partial charge < -0.3 is 5.73 Å². The summed E-state index contributed by atoms with van der Waals surface area (Å²) in [5, 5.41) is -0.308. The summed E-state index contributed by atoms with van der Waals surface area (Å²) in [5.74, 6) is 0.661. The first-order chi connectivity index (χ1) is 8.25. The summed E-state index contributed by atoms with van der Waals surface area (Å²) in [6, 6.07) is 5.58. The number of aromatic nitrogens is 1. The summed E-state index contributed by atoms with van der Waals surface area (Å²) < 4.78 is 0. The molecule has 1 amide bonds. The van der Waals surface area contributed by atoms with E-state index >= 15 is 0 Å². The van der Waals surface area contributed by atoms with Crippen LogP contribution in [0.5, 0.6) is 0 Å². The van der Waals surface area contributed by atoms with Gasteiger partial charge in [-0.25, -0.2) is 0 Å². The highest BCUT2D eigenvalue weighted by molar-refractivity contribution is 8.00. The molecule has 0 fully saturated rings. The van der Waals surface area contributed by atoms with Crippen molar-refractivity contribution in [3.8, 4) is 0 Å². The Labute approximate surface area is 107 Å². The third-order valence-corrected chi connectivity index (χ3v) is 3.83. The maximum absolute atomic E-state index is 11.4. The molecule has 0 aliphatic heterocycles. The normalized spacial score (nSPS) is 12.3. The second-order valence-corrected chi connectivity index (χ2v) is 5.18. The van der Waals surface area contributed by atoms with Gasteiger partial charge in [-0.1, -0.05) is 32.3 Å². The molecular weight excluding hydrogens is 232 g/mol. The minimum Gasteiger partial charge on any atom is -0.368 e. The van der Waals surface area contributed by atoms with Gasteiger partial charge in [-0.15, -0.1) is 11.8 Å². The second kappa shape index (κ2) is 8.12. The Kier molecular flexibility index (Phi) is 6.70. The molecule has 2 N–H and O–H groups in total. The number of primary amides is 1. The molecule has 1 rings (SSSR count). The first-order valence-electron chi connectivity index (χ1n) is 6.07. The molecule has 1 atom stereocenters. The zero-order valence-electron chi connectivity index (χ0n) is 10.3. The van der Waals surface area contributed by atoms with Crippen LogP contribution < -0.4 is 5.73 Å². The monoisotopic (exact) mass is 252 g/mol. The molecule has 0 aliphatic rings. The standard InChI is InChI=1S/C13H20N2OS/c1-2-3-4-7-10-17-12(13(14)16)11-8-5-6-9-15-11/h5-6,8-9,12H,2-4,7,10H2,1H3,(H2,14,16). The van der Waals surface area contributed by atoms with Gasteiger partial charge in [0.05, 0.1) is 5.69 Å². The molecule has 3 nitrogen and oxygen atoms in total. The number of rotatable bonds is 8.